The Kier molecular flexibility index (Phi) is 42.3. The number of phosphoric acid groups is 1. The summed E-state index contributed by atoms with van der Waals surface area (Å²) in [5.41, 5.74) is 5.30. The van der Waals surface area contributed by atoms with Crippen LogP contribution in [0.15, 0.2) is 0 Å². The molecular formula is C55H96F5N2O17P. The number of phosphoric ester groups is 1. The standard InChI is InChI=1S/C25H31F5O7.C21H41NO6.C7H18NO4P.C2H6/c1-12-13(2)24(36-15(4)32)16(11-35-14(3)31)10-17(12)34-9-7-5-6-8-18(33)37-25-22(29)20(27)19(26)21(28)23(25)30;1-16-18(14-17(15-23)21(26)20(16)25)28-13-9-5-6-10-19(24)22-11-7-3-4-8-12-27-2;1-11-13(9,10)12-7-5-3-2-4-6-8;1-2/h12-13,16-17,24H,5-11H2,1-4H3;16-18,20-21,23,25-26H,3-15H2,1-2H3,(H,22,24);2-8H2,1H3,(H,9,10);1-2H3/t12?,13-,16?,17-,24-;16?,17?,18-,20-,21+;;/m11../s1. The van der Waals surface area contributed by atoms with Gasteiger partial charge in [-0.25, -0.2) is 17.7 Å². The van der Waals surface area contributed by atoms with Crippen LogP contribution in [0.3, 0.4) is 0 Å². The number of carbonyl (C=O) groups excluding carboxylic acids is 4. The Morgan fingerprint density at radius 2 is 1.14 bits per heavy atom. The van der Waals surface area contributed by atoms with Crippen LogP contribution in [-0.4, -0.2) is 141 Å². The fourth-order valence-electron chi connectivity index (χ4n) is 8.88. The van der Waals surface area contributed by atoms with E-state index in [1.165, 1.54) is 13.8 Å². The third-order valence-corrected chi connectivity index (χ3v) is 14.7. The van der Waals surface area contributed by atoms with Gasteiger partial charge in [0.2, 0.25) is 40.7 Å². The van der Waals surface area contributed by atoms with E-state index in [4.69, 9.17) is 34.3 Å². The summed E-state index contributed by atoms with van der Waals surface area (Å²) >= 11 is 0. The van der Waals surface area contributed by atoms with Crippen molar-refractivity contribution in [2.75, 3.05) is 67.0 Å². The van der Waals surface area contributed by atoms with Gasteiger partial charge in [-0.2, -0.15) is 8.78 Å². The van der Waals surface area contributed by atoms with Gasteiger partial charge < -0.3 is 59.7 Å². The number of aliphatic hydroxyl groups is 3. The minimum absolute atomic E-state index is 0.0363. The molecule has 2 aliphatic carbocycles. The first-order valence-electron chi connectivity index (χ1n) is 28.2. The van der Waals surface area contributed by atoms with Crippen molar-refractivity contribution in [3.8, 4) is 5.75 Å². The molecule has 468 valence electrons. The zero-order chi connectivity index (χ0) is 60.8. The third-order valence-electron chi connectivity index (χ3n) is 13.8. The zero-order valence-electron chi connectivity index (χ0n) is 48.7. The highest BCUT2D eigenvalue weighted by atomic mass is 31.2. The van der Waals surface area contributed by atoms with Crippen LogP contribution < -0.4 is 15.8 Å². The number of rotatable bonds is 34. The number of benzene rings is 1. The summed E-state index contributed by atoms with van der Waals surface area (Å²) in [6.07, 6.45) is 10.7. The topological polar surface area (TPSA) is 278 Å². The number of nitrogens with one attached hydrogen (secondary N) is 1. The Bertz CT molecular complexity index is 1900. The van der Waals surface area contributed by atoms with Gasteiger partial charge in [0, 0.05) is 91.6 Å². The van der Waals surface area contributed by atoms with Gasteiger partial charge in [0.15, 0.2) is 0 Å². The largest absolute Gasteiger partial charge is 0.471 e. The molecule has 0 heterocycles. The summed E-state index contributed by atoms with van der Waals surface area (Å²) in [7, 11) is -0.892. The van der Waals surface area contributed by atoms with E-state index < -0.39 is 78.9 Å². The molecule has 2 aliphatic rings. The summed E-state index contributed by atoms with van der Waals surface area (Å²) in [6.45, 7) is 15.7. The van der Waals surface area contributed by atoms with E-state index in [1.807, 2.05) is 34.6 Å². The number of amides is 1. The zero-order valence-corrected chi connectivity index (χ0v) is 49.6. The lowest BCUT2D eigenvalue weighted by molar-refractivity contribution is -0.170. The van der Waals surface area contributed by atoms with E-state index in [-0.39, 0.29) is 80.4 Å². The maximum atomic E-state index is 13.6. The van der Waals surface area contributed by atoms with Gasteiger partial charge in [-0.05, 0) is 82.6 Å². The molecule has 7 N–H and O–H groups in total. The molecule has 1 aromatic rings. The Morgan fingerprint density at radius 1 is 0.637 bits per heavy atom. The number of nitrogens with two attached hydrogens (primary N) is 1. The molecule has 0 radical (unpaired) electrons. The first kappa shape index (κ1) is 76.6. The molecule has 19 nitrogen and oxygen atoms in total. The Balaban J connectivity index is 0.00000128. The van der Waals surface area contributed by atoms with Crippen molar-refractivity contribution in [1.29, 1.82) is 0 Å². The number of hydrogen-bond acceptors (Lipinski definition) is 17. The van der Waals surface area contributed by atoms with Crippen molar-refractivity contribution in [3.63, 3.8) is 0 Å². The molecule has 11 atom stereocenters. The average molecular weight is 1180 g/mol. The molecule has 25 heteroatoms. The lowest BCUT2D eigenvalue weighted by Crippen LogP contribution is -2.50. The van der Waals surface area contributed by atoms with E-state index in [0.29, 0.717) is 51.9 Å². The molecule has 1 amide bonds. The van der Waals surface area contributed by atoms with E-state index in [0.717, 1.165) is 90.9 Å². The maximum absolute atomic E-state index is 13.6. The van der Waals surface area contributed by atoms with Crippen LogP contribution in [0, 0.1) is 58.7 Å². The van der Waals surface area contributed by atoms with Crippen LogP contribution in [0.1, 0.15) is 164 Å². The monoisotopic (exact) mass is 1180 g/mol. The Morgan fingerprint density at radius 3 is 1.68 bits per heavy atom. The lowest BCUT2D eigenvalue weighted by Gasteiger charge is -2.43. The van der Waals surface area contributed by atoms with Crippen LogP contribution in [0.5, 0.6) is 5.75 Å². The first-order chi connectivity index (χ1) is 38.0. The minimum atomic E-state index is -3.75. The van der Waals surface area contributed by atoms with Gasteiger partial charge in [-0.15, -0.1) is 0 Å². The number of esters is 3. The predicted octanol–water partition coefficient (Wildman–Crippen LogP) is 8.94. The molecule has 1 aromatic carbocycles. The number of aliphatic hydroxyl groups excluding tert-OH is 3. The van der Waals surface area contributed by atoms with Crippen LogP contribution in [0.2, 0.25) is 0 Å². The number of unbranched alkanes of at least 4 members (excludes halogenated alkanes) is 10. The van der Waals surface area contributed by atoms with Crippen molar-refractivity contribution in [1.82, 2.24) is 5.32 Å². The number of methoxy groups -OCH3 is 1. The number of halogens is 5. The third kappa shape index (κ3) is 30.8. The van der Waals surface area contributed by atoms with Crippen molar-refractivity contribution >= 4 is 31.6 Å². The molecule has 0 saturated heterocycles. The van der Waals surface area contributed by atoms with Gasteiger partial charge in [-0.1, -0.05) is 73.1 Å². The summed E-state index contributed by atoms with van der Waals surface area (Å²) in [6, 6.07) is 0. The van der Waals surface area contributed by atoms with E-state index >= 15 is 0 Å². The molecule has 0 bridgehead atoms. The SMILES string of the molecule is CC.CC(=O)OCC1C[C@@H](OCCCCCC(=O)Oc2c(F)c(F)c(F)c(F)c2F)C(C)[C@@H](C)[C@H]1OC(C)=O.COCCCCCCNC(=O)CCCCCO[C@@H]1CC(CO)[C@H](O)[C@H](O)C1C.COP(=O)(O)OCCCCCCN. The van der Waals surface area contributed by atoms with Gasteiger partial charge in [-0.3, -0.25) is 28.2 Å². The van der Waals surface area contributed by atoms with Crippen molar-refractivity contribution in [2.24, 2.45) is 35.3 Å². The van der Waals surface area contributed by atoms with Crippen molar-refractivity contribution in [3.05, 3.63) is 29.1 Å². The van der Waals surface area contributed by atoms with Gasteiger partial charge >= 0.3 is 25.7 Å². The Labute approximate surface area is 470 Å². The van der Waals surface area contributed by atoms with Gasteiger partial charge in [0.25, 0.3) is 0 Å². The van der Waals surface area contributed by atoms with Crippen molar-refractivity contribution < 1.29 is 103 Å². The lowest BCUT2D eigenvalue weighted by atomic mass is 9.72. The Hall–Kier alpha value is -3.42. The average Bonchev–Trinajstić information content (AvgIpc) is 3.43. The number of carbonyl (C=O) groups is 4. The molecule has 2 fully saturated rings. The normalized spacial score (nSPS) is 23.1. The van der Waals surface area contributed by atoms with Crippen LogP contribution >= 0.6 is 7.82 Å². The molecule has 3 rings (SSSR count). The van der Waals surface area contributed by atoms with Crippen LogP contribution in [0.25, 0.3) is 0 Å². The fraction of sp³-hybridized carbons (Fsp3) is 0.818. The number of ether oxygens (including phenoxy) is 6. The van der Waals surface area contributed by atoms with Crippen LogP contribution in [-0.2, 0) is 56.5 Å². The summed E-state index contributed by atoms with van der Waals surface area (Å²) in [4.78, 5) is 55.3. The maximum Gasteiger partial charge on any atom is 0.471 e. The minimum Gasteiger partial charge on any atom is -0.465 e. The summed E-state index contributed by atoms with van der Waals surface area (Å²) < 4.78 is 118. The molecule has 2 saturated carbocycles. The van der Waals surface area contributed by atoms with Gasteiger partial charge in [0.1, 0.15) is 6.10 Å². The highest BCUT2D eigenvalue weighted by Gasteiger charge is 2.44. The van der Waals surface area contributed by atoms with E-state index in [2.05, 4.69) is 19.1 Å². The number of hydrogen-bond donors (Lipinski definition) is 6. The molecular weight excluding hydrogens is 1090 g/mol. The fourth-order valence-corrected chi connectivity index (χ4v) is 9.34. The summed E-state index contributed by atoms with van der Waals surface area (Å²) in [5, 5.41) is 32.3. The molecule has 80 heavy (non-hydrogen) atoms. The molecule has 5 unspecified atom stereocenters. The molecule has 0 aliphatic heterocycles. The highest BCUT2D eigenvalue weighted by molar-refractivity contribution is 7.47. The second-order valence-corrected chi connectivity index (χ2v) is 21.4. The van der Waals surface area contributed by atoms with Gasteiger partial charge in [0.05, 0.1) is 37.6 Å². The molecule has 0 aromatic heterocycles. The first-order valence-corrected chi connectivity index (χ1v) is 29.7. The predicted molar refractivity (Wildman–Crippen MR) is 288 cm³/mol. The smallest absolute Gasteiger partial charge is 0.465 e. The van der Waals surface area contributed by atoms with E-state index in [9.17, 15) is 61.0 Å². The quantitative estimate of drug-likeness (QED) is 0.00714. The second kappa shape index (κ2) is 44.1. The summed E-state index contributed by atoms with van der Waals surface area (Å²) in [5.74, 6) is -15.4. The van der Waals surface area contributed by atoms with E-state index in [1.54, 1.807) is 7.11 Å². The van der Waals surface area contributed by atoms with Crippen molar-refractivity contribution in [2.45, 2.75) is 195 Å². The molecule has 0 spiro atoms. The highest BCUT2D eigenvalue weighted by Crippen LogP contribution is 2.42. The van der Waals surface area contributed by atoms with Crippen LogP contribution in [0.4, 0.5) is 22.0 Å². The second-order valence-electron chi connectivity index (χ2n) is 19.9.